The number of rotatable bonds is 6. The van der Waals surface area contributed by atoms with Gasteiger partial charge >= 0.3 is 0 Å². The molecule has 3 rings (SSSR count). The highest BCUT2D eigenvalue weighted by atomic mass is 32.1. The van der Waals surface area contributed by atoms with Crippen LogP contribution in [-0.2, 0) is 0 Å². The van der Waals surface area contributed by atoms with E-state index in [0.717, 1.165) is 5.56 Å². The Morgan fingerprint density at radius 3 is 2.57 bits per heavy atom. The van der Waals surface area contributed by atoms with E-state index in [2.05, 4.69) is 11.1 Å². The van der Waals surface area contributed by atoms with Gasteiger partial charge in [-0.1, -0.05) is 0 Å². The van der Waals surface area contributed by atoms with Crippen LogP contribution in [0.5, 0.6) is 11.5 Å². The summed E-state index contributed by atoms with van der Waals surface area (Å²) in [4.78, 5) is 14.8. The number of nitrogens with zero attached hydrogens (tertiary/aromatic N) is 3. The van der Waals surface area contributed by atoms with Crippen LogP contribution in [0.3, 0.4) is 0 Å². The maximum absolute atomic E-state index is 10.8. The Hall–Kier alpha value is -3.70. The minimum atomic E-state index is -0.450. The van der Waals surface area contributed by atoms with Gasteiger partial charge in [-0.3, -0.25) is 10.1 Å². The van der Waals surface area contributed by atoms with E-state index in [1.54, 1.807) is 50.6 Å². The molecular weight excluding hydrogens is 378 g/mol. The standard InChI is InChI=1S/C20H15N3O4S/c1-26-17-7-8-19(27-2)14(10-17)9-15(11-21)20-22-18(12-28-20)13-3-5-16(6-4-13)23(24)25/h3-10,12H,1-2H3/b15-9-. The molecule has 7 nitrogen and oxygen atoms in total. The van der Waals surface area contributed by atoms with Gasteiger partial charge in [0, 0.05) is 28.6 Å². The van der Waals surface area contributed by atoms with Crippen LogP contribution in [0.25, 0.3) is 22.9 Å². The maximum Gasteiger partial charge on any atom is 0.269 e. The van der Waals surface area contributed by atoms with E-state index in [-0.39, 0.29) is 5.69 Å². The molecule has 3 aromatic rings. The molecule has 0 spiro atoms. The highest BCUT2D eigenvalue weighted by Crippen LogP contribution is 2.31. The number of hydrogen-bond donors (Lipinski definition) is 0. The first-order chi connectivity index (χ1) is 13.5. The van der Waals surface area contributed by atoms with Gasteiger partial charge in [-0.2, -0.15) is 5.26 Å². The third-order valence-corrected chi connectivity index (χ3v) is 4.84. The zero-order valence-electron chi connectivity index (χ0n) is 15.1. The first-order valence-corrected chi connectivity index (χ1v) is 8.98. The van der Waals surface area contributed by atoms with Crippen molar-refractivity contribution >= 4 is 28.7 Å². The highest BCUT2D eigenvalue weighted by Gasteiger charge is 2.12. The van der Waals surface area contributed by atoms with Gasteiger partial charge in [-0.15, -0.1) is 11.3 Å². The number of allylic oxidation sites excluding steroid dienone is 1. The van der Waals surface area contributed by atoms with Crippen LogP contribution in [0.2, 0.25) is 0 Å². The van der Waals surface area contributed by atoms with Crippen molar-refractivity contribution < 1.29 is 14.4 Å². The highest BCUT2D eigenvalue weighted by molar-refractivity contribution is 7.11. The van der Waals surface area contributed by atoms with Gasteiger partial charge < -0.3 is 9.47 Å². The van der Waals surface area contributed by atoms with Crippen molar-refractivity contribution in [1.29, 1.82) is 5.26 Å². The van der Waals surface area contributed by atoms with Gasteiger partial charge in [0.05, 0.1) is 30.4 Å². The average molecular weight is 393 g/mol. The molecule has 0 radical (unpaired) electrons. The molecule has 0 aliphatic carbocycles. The predicted molar refractivity (Wildman–Crippen MR) is 107 cm³/mol. The third kappa shape index (κ3) is 4.00. The zero-order chi connectivity index (χ0) is 20.1. The fraction of sp³-hybridized carbons (Fsp3) is 0.100. The summed E-state index contributed by atoms with van der Waals surface area (Å²) in [5, 5.41) is 22.7. The Bertz CT molecular complexity index is 1080. The van der Waals surface area contributed by atoms with Crippen LogP contribution < -0.4 is 9.47 Å². The van der Waals surface area contributed by atoms with Crippen molar-refractivity contribution in [1.82, 2.24) is 4.98 Å². The first-order valence-electron chi connectivity index (χ1n) is 8.10. The summed E-state index contributed by atoms with van der Waals surface area (Å²) in [5.74, 6) is 1.26. The molecule has 28 heavy (non-hydrogen) atoms. The van der Waals surface area contributed by atoms with Crippen molar-refractivity contribution in [3.63, 3.8) is 0 Å². The van der Waals surface area contributed by atoms with E-state index in [4.69, 9.17) is 9.47 Å². The smallest absolute Gasteiger partial charge is 0.269 e. The molecule has 0 fully saturated rings. The van der Waals surface area contributed by atoms with E-state index in [1.807, 2.05) is 5.38 Å². The molecule has 0 bridgehead atoms. The molecule has 1 aromatic heterocycles. The third-order valence-electron chi connectivity index (χ3n) is 3.97. The minimum Gasteiger partial charge on any atom is -0.497 e. The van der Waals surface area contributed by atoms with Crippen LogP contribution in [-0.4, -0.2) is 24.1 Å². The second kappa shape index (κ2) is 8.33. The molecule has 2 aromatic carbocycles. The van der Waals surface area contributed by atoms with Crippen molar-refractivity contribution in [2.24, 2.45) is 0 Å². The van der Waals surface area contributed by atoms with Crippen LogP contribution in [0.4, 0.5) is 5.69 Å². The quantitative estimate of drug-likeness (QED) is 0.339. The molecule has 140 valence electrons. The van der Waals surface area contributed by atoms with Crippen molar-refractivity contribution in [2.45, 2.75) is 0 Å². The summed E-state index contributed by atoms with van der Waals surface area (Å²) in [5.41, 5.74) is 2.48. The second-order valence-electron chi connectivity index (χ2n) is 5.62. The summed E-state index contributed by atoms with van der Waals surface area (Å²) in [6.45, 7) is 0. The summed E-state index contributed by atoms with van der Waals surface area (Å²) in [6, 6.07) is 13.6. The Labute approximate surface area is 165 Å². The number of methoxy groups -OCH3 is 2. The molecule has 0 N–H and O–H groups in total. The van der Waals surface area contributed by atoms with Gasteiger partial charge in [0.2, 0.25) is 0 Å². The summed E-state index contributed by atoms with van der Waals surface area (Å²) >= 11 is 1.32. The van der Waals surface area contributed by atoms with Crippen molar-refractivity contribution in [2.75, 3.05) is 14.2 Å². The number of thiazole rings is 1. The molecule has 1 heterocycles. The topological polar surface area (TPSA) is 98.3 Å². The second-order valence-corrected chi connectivity index (χ2v) is 6.48. The predicted octanol–water partition coefficient (Wildman–Crippen LogP) is 4.80. The van der Waals surface area contributed by atoms with Gasteiger partial charge in [-0.25, -0.2) is 4.98 Å². The molecular formula is C20H15N3O4S. The largest absolute Gasteiger partial charge is 0.497 e. The van der Waals surface area contributed by atoms with Crippen LogP contribution >= 0.6 is 11.3 Å². The number of hydrogen-bond acceptors (Lipinski definition) is 7. The number of nitro groups is 1. The van der Waals surface area contributed by atoms with E-state index in [9.17, 15) is 15.4 Å². The minimum absolute atomic E-state index is 0.0157. The number of nitro benzene ring substituents is 1. The van der Waals surface area contributed by atoms with Crippen molar-refractivity contribution in [3.05, 3.63) is 68.5 Å². The van der Waals surface area contributed by atoms with E-state index >= 15 is 0 Å². The molecule has 0 saturated heterocycles. The Balaban J connectivity index is 1.96. The fourth-order valence-electron chi connectivity index (χ4n) is 2.53. The number of aromatic nitrogens is 1. The molecule has 0 atom stereocenters. The Morgan fingerprint density at radius 2 is 1.96 bits per heavy atom. The zero-order valence-corrected chi connectivity index (χ0v) is 15.9. The SMILES string of the molecule is COc1ccc(OC)c(/C=C(/C#N)c2nc(-c3ccc([N+](=O)[O-])cc3)cs2)c1. The summed E-state index contributed by atoms with van der Waals surface area (Å²) < 4.78 is 10.6. The molecule has 0 saturated carbocycles. The van der Waals surface area contributed by atoms with Crippen LogP contribution in [0, 0.1) is 21.4 Å². The van der Waals surface area contributed by atoms with E-state index in [0.29, 0.717) is 33.3 Å². The van der Waals surface area contributed by atoms with Crippen molar-refractivity contribution in [3.8, 4) is 28.8 Å². The lowest BCUT2D eigenvalue weighted by Gasteiger charge is -2.07. The number of nitriles is 1. The lowest BCUT2D eigenvalue weighted by molar-refractivity contribution is -0.384. The number of non-ortho nitro benzene ring substituents is 1. The van der Waals surface area contributed by atoms with Crippen LogP contribution in [0.15, 0.2) is 47.8 Å². The maximum atomic E-state index is 10.8. The molecule has 0 aliphatic rings. The summed E-state index contributed by atoms with van der Waals surface area (Å²) in [6.07, 6.45) is 1.69. The lowest BCUT2D eigenvalue weighted by atomic mass is 10.1. The molecule has 0 aliphatic heterocycles. The molecule has 0 amide bonds. The number of benzene rings is 2. The van der Waals surface area contributed by atoms with Gasteiger partial charge in [0.25, 0.3) is 5.69 Å². The van der Waals surface area contributed by atoms with E-state index in [1.165, 1.54) is 23.5 Å². The van der Waals surface area contributed by atoms with E-state index < -0.39 is 4.92 Å². The molecule has 0 unspecified atom stereocenters. The summed E-state index contributed by atoms with van der Waals surface area (Å²) in [7, 11) is 3.12. The van der Waals surface area contributed by atoms with Gasteiger partial charge in [-0.05, 0) is 36.4 Å². The Morgan fingerprint density at radius 1 is 1.21 bits per heavy atom. The Kier molecular flexibility index (Phi) is 5.67. The monoisotopic (exact) mass is 393 g/mol. The van der Waals surface area contributed by atoms with Gasteiger partial charge in [0.1, 0.15) is 22.6 Å². The lowest BCUT2D eigenvalue weighted by Crippen LogP contribution is -1.90. The normalized spacial score (nSPS) is 11.0. The average Bonchev–Trinajstić information content (AvgIpc) is 3.21. The first kappa shape index (κ1) is 19.1. The molecule has 8 heteroatoms. The van der Waals surface area contributed by atoms with Gasteiger partial charge in [0.15, 0.2) is 0 Å². The fourth-order valence-corrected chi connectivity index (χ4v) is 3.33. The number of ether oxygens (including phenoxy) is 2. The van der Waals surface area contributed by atoms with Crippen LogP contribution in [0.1, 0.15) is 10.6 Å².